The summed E-state index contributed by atoms with van der Waals surface area (Å²) in [4.78, 5) is 11.7. The lowest BCUT2D eigenvalue weighted by atomic mass is 10.1. The zero-order chi connectivity index (χ0) is 14.0. The van der Waals surface area contributed by atoms with Crippen molar-refractivity contribution in [1.82, 2.24) is 0 Å². The summed E-state index contributed by atoms with van der Waals surface area (Å²) >= 11 is 0. The maximum Gasteiger partial charge on any atom is 0.412 e. The number of aryl methyl sites for hydroxylation is 1. The second-order valence-electron chi connectivity index (χ2n) is 5.55. The Hall–Kier alpha value is -2.04. The summed E-state index contributed by atoms with van der Waals surface area (Å²) in [5, 5.41) is 14.8. The van der Waals surface area contributed by atoms with Crippen LogP contribution in [0.15, 0.2) is 23.4 Å². The number of hydrogen-bond acceptors (Lipinski definition) is 4. The highest BCUT2D eigenvalue weighted by Crippen LogP contribution is 2.25. The number of fused-ring (bicyclic) bond motifs is 1. The molecule has 0 aromatic heterocycles. The molecule has 0 fully saturated rings. The Kier molecular flexibility index (Phi) is 3.46. The molecule has 1 aliphatic rings. The molecule has 5 heteroatoms. The van der Waals surface area contributed by atoms with Crippen LogP contribution in [0, 0.1) is 0 Å². The molecule has 2 N–H and O–H groups in total. The third kappa shape index (κ3) is 3.24. The van der Waals surface area contributed by atoms with Crippen molar-refractivity contribution in [2.45, 2.75) is 39.2 Å². The van der Waals surface area contributed by atoms with Crippen LogP contribution in [0.4, 0.5) is 10.5 Å². The van der Waals surface area contributed by atoms with Crippen LogP contribution >= 0.6 is 0 Å². The first-order valence-electron chi connectivity index (χ1n) is 6.23. The number of nitrogens with zero attached hydrogens (tertiary/aromatic N) is 1. The van der Waals surface area contributed by atoms with Crippen molar-refractivity contribution < 1.29 is 14.7 Å². The van der Waals surface area contributed by atoms with E-state index in [0.717, 1.165) is 24.0 Å². The van der Waals surface area contributed by atoms with Gasteiger partial charge in [0.15, 0.2) is 0 Å². The van der Waals surface area contributed by atoms with Gasteiger partial charge in [-0.3, -0.25) is 5.32 Å². The minimum absolute atomic E-state index is 0.471. The molecule has 5 nitrogen and oxygen atoms in total. The Balaban J connectivity index is 2.10. The molecule has 0 aliphatic heterocycles. The van der Waals surface area contributed by atoms with Crippen LogP contribution in [-0.4, -0.2) is 22.6 Å². The fourth-order valence-corrected chi connectivity index (χ4v) is 2.07. The van der Waals surface area contributed by atoms with Gasteiger partial charge >= 0.3 is 6.09 Å². The highest BCUT2D eigenvalue weighted by molar-refractivity contribution is 6.04. The maximum absolute atomic E-state index is 11.7. The normalized spacial score (nSPS) is 16.3. The predicted molar refractivity (Wildman–Crippen MR) is 72.9 cm³/mol. The fourth-order valence-electron chi connectivity index (χ4n) is 2.07. The zero-order valence-corrected chi connectivity index (χ0v) is 11.4. The predicted octanol–water partition coefficient (Wildman–Crippen LogP) is 3.16. The number of rotatable bonds is 1. The molecule has 0 bridgehead atoms. The molecule has 0 unspecified atom stereocenters. The maximum atomic E-state index is 11.7. The molecule has 0 spiro atoms. The van der Waals surface area contributed by atoms with Crippen LogP contribution < -0.4 is 5.32 Å². The average Bonchev–Trinajstić information content (AvgIpc) is 2.68. The number of hydrogen-bond donors (Lipinski definition) is 2. The van der Waals surface area contributed by atoms with Gasteiger partial charge in [-0.15, -0.1) is 0 Å². The number of oxime groups is 1. The number of benzene rings is 1. The van der Waals surface area contributed by atoms with Gasteiger partial charge in [-0.25, -0.2) is 4.79 Å². The first-order chi connectivity index (χ1) is 8.89. The lowest BCUT2D eigenvalue weighted by Crippen LogP contribution is -2.27. The molecule has 0 heterocycles. The molecule has 0 saturated heterocycles. The van der Waals surface area contributed by atoms with E-state index in [1.54, 1.807) is 6.07 Å². The summed E-state index contributed by atoms with van der Waals surface area (Å²) in [7, 11) is 0. The number of nitrogens with one attached hydrogen (secondary N) is 1. The summed E-state index contributed by atoms with van der Waals surface area (Å²) in [6.07, 6.45) is 1.07. The van der Waals surface area contributed by atoms with E-state index in [0.29, 0.717) is 11.4 Å². The topological polar surface area (TPSA) is 70.9 Å². The largest absolute Gasteiger partial charge is 0.444 e. The Bertz CT molecular complexity index is 530. The summed E-state index contributed by atoms with van der Waals surface area (Å²) in [5.41, 5.74) is 2.88. The van der Waals surface area contributed by atoms with Gasteiger partial charge < -0.3 is 9.94 Å². The molecule has 0 atom stereocenters. The number of carbonyl (C=O) groups excluding carboxylic acids is 1. The van der Waals surface area contributed by atoms with Crippen LogP contribution in [0.1, 0.15) is 38.3 Å². The lowest BCUT2D eigenvalue weighted by molar-refractivity contribution is 0.0636. The van der Waals surface area contributed by atoms with E-state index in [1.165, 1.54) is 0 Å². The molecule has 19 heavy (non-hydrogen) atoms. The van der Waals surface area contributed by atoms with Gasteiger partial charge in [0.1, 0.15) is 5.60 Å². The van der Waals surface area contributed by atoms with E-state index in [2.05, 4.69) is 10.5 Å². The van der Waals surface area contributed by atoms with E-state index < -0.39 is 11.7 Å². The first-order valence-corrected chi connectivity index (χ1v) is 6.23. The Morgan fingerprint density at radius 1 is 1.37 bits per heavy atom. The van der Waals surface area contributed by atoms with E-state index in [1.807, 2.05) is 32.9 Å². The average molecular weight is 262 g/mol. The Morgan fingerprint density at radius 2 is 2.11 bits per heavy atom. The van der Waals surface area contributed by atoms with Gasteiger partial charge in [-0.1, -0.05) is 11.2 Å². The van der Waals surface area contributed by atoms with Crippen molar-refractivity contribution in [3.05, 3.63) is 29.3 Å². The van der Waals surface area contributed by atoms with Crippen molar-refractivity contribution in [1.29, 1.82) is 0 Å². The Morgan fingerprint density at radius 3 is 2.74 bits per heavy atom. The van der Waals surface area contributed by atoms with Gasteiger partial charge in [0.2, 0.25) is 0 Å². The van der Waals surface area contributed by atoms with Crippen LogP contribution in [0.3, 0.4) is 0 Å². The van der Waals surface area contributed by atoms with E-state index in [9.17, 15) is 4.79 Å². The highest BCUT2D eigenvalue weighted by atomic mass is 16.6. The molecule has 1 aromatic rings. The van der Waals surface area contributed by atoms with Crippen LogP contribution in [-0.2, 0) is 11.2 Å². The zero-order valence-electron chi connectivity index (χ0n) is 11.4. The van der Waals surface area contributed by atoms with Gasteiger partial charge in [0, 0.05) is 11.3 Å². The van der Waals surface area contributed by atoms with Gasteiger partial charge in [0.25, 0.3) is 0 Å². The van der Waals surface area contributed by atoms with Gasteiger partial charge in [0.05, 0.1) is 5.71 Å². The van der Waals surface area contributed by atoms with Crippen molar-refractivity contribution in [2.24, 2.45) is 5.16 Å². The summed E-state index contributed by atoms with van der Waals surface area (Å²) in [5.74, 6) is 0. The van der Waals surface area contributed by atoms with Crippen LogP contribution in [0.25, 0.3) is 0 Å². The molecular weight excluding hydrogens is 244 g/mol. The summed E-state index contributed by atoms with van der Waals surface area (Å²) < 4.78 is 5.19. The SMILES string of the molecule is CC(C)(C)OC(=O)Nc1ccc2c(c1)CC/C2=N\O. The molecule has 1 aliphatic carbocycles. The Labute approximate surface area is 112 Å². The molecule has 0 radical (unpaired) electrons. The molecule has 2 rings (SSSR count). The number of anilines is 1. The standard InChI is InChI=1S/C14H18N2O3/c1-14(2,3)19-13(17)15-10-5-6-11-9(8-10)4-7-12(11)16-18/h5-6,8,18H,4,7H2,1-3H3,(H,15,17)/b16-12+. The summed E-state index contributed by atoms with van der Waals surface area (Å²) in [6, 6.07) is 5.51. The van der Waals surface area contributed by atoms with Gasteiger partial charge in [-0.2, -0.15) is 0 Å². The summed E-state index contributed by atoms with van der Waals surface area (Å²) in [6.45, 7) is 5.46. The third-order valence-electron chi connectivity index (χ3n) is 2.81. The smallest absolute Gasteiger partial charge is 0.412 e. The van der Waals surface area contributed by atoms with Crippen molar-refractivity contribution >= 4 is 17.5 Å². The van der Waals surface area contributed by atoms with E-state index >= 15 is 0 Å². The van der Waals surface area contributed by atoms with Gasteiger partial charge in [-0.05, 0) is 51.3 Å². The first kappa shape index (κ1) is 13.4. The van der Waals surface area contributed by atoms with Crippen LogP contribution in [0.2, 0.25) is 0 Å². The molecule has 1 amide bonds. The van der Waals surface area contributed by atoms with Crippen molar-refractivity contribution in [3.63, 3.8) is 0 Å². The fraction of sp³-hybridized carbons (Fsp3) is 0.429. The second-order valence-corrected chi connectivity index (χ2v) is 5.55. The highest BCUT2D eigenvalue weighted by Gasteiger charge is 2.20. The van der Waals surface area contributed by atoms with Crippen molar-refractivity contribution in [3.8, 4) is 0 Å². The number of ether oxygens (including phenoxy) is 1. The number of amides is 1. The quantitative estimate of drug-likeness (QED) is 0.603. The number of carbonyl (C=O) groups is 1. The van der Waals surface area contributed by atoms with E-state index in [4.69, 9.17) is 9.94 Å². The second kappa shape index (κ2) is 4.91. The molecule has 102 valence electrons. The van der Waals surface area contributed by atoms with Crippen LogP contribution in [0.5, 0.6) is 0 Å². The molecular formula is C14H18N2O3. The minimum Gasteiger partial charge on any atom is -0.444 e. The molecule has 0 saturated carbocycles. The third-order valence-corrected chi connectivity index (χ3v) is 2.81. The van der Waals surface area contributed by atoms with Crippen molar-refractivity contribution in [2.75, 3.05) is 5.32 Å². The minimum atomic E-state index is -0.516. The van der Waals surface area contributed by atoms with E-state index in [-0.39, 0.29) is 0 Å². The molecule has 1 aromatic carbocycles. The monoisotopic (exact) mass is 262 g/mol. The lowest BCUT2D eigenvalue weighted by Gasteiger charge is -2.19.